The molecule has 1 saturated heterocycles. The van der Waals surface area contributed by atoms with Crippen LogP contribution in [0.5, 0.6) is 0 Å². The van der Waals surface area contributed by atoms with Crippen molar-refractivity contribution in [2.24, 2.45) is 11.8 Å². The molecule has 2 aliphatic rings. The van der Waals surface area contributed by atoms with Gasteiger partial charge in [-0.15, -0.1) is 0 Å². The molecule has 4 rings (SSSR count). The Morgan fingerprint density at radius 1 is 0.964 bits per heavy atom. The molecule has 0 aromatic heterocycles. The highest BCUT2D eigenvalue weighted by molar-refractivity contribution is 6.36. The topological polar surface area (TPSA) is 6.48 Å². The molecule has 1 unspecified atom stereocenters. The summed E-state index contributed by atoms with van der Waals surface area (Å²) in [5.74, 6) is 1.74. The lowest BCUT2D eigenvalue weighted by molar-refractivity contribution is 0.190. The third-order valence-corrected chi connectivity index (χ3v) is 6.73. The molecular formula is C23H27Cl3N2. The lowest BCUT2D eigenvalue weighted by Crippen LogP contribution is -2.49. The molecule has 0 bridgehead atoms. The van der Waals surface area contributed by atoms with Crippen LogP contribution in [-0.2, 0) is 0 Å². The highest BCUT2D eigenvalue weighted by atomic mass is 35.5. The molecule has 1 heterocycles. The SMILES string of the molecule is CC(CC1CC1)CN1CCN(c2ccc(Cl)cc2Cl)[C@H](c2ccc(Cl)cc2)C1. The van der Waals surface area contributed by atoms with E-state index in [1.165, 1.54) is 31.4 Å². The van der Waals surface area contributed by atoms with Crippen LogP contribution in [0.1, 0.15) is 37.8 Å². The van der Waals surface area contributed by atoms with E-state index in [0.29, 0.717) is 10.0 Å². The molecule has 150 valence electrons. The summed E-state index contributed by atoms with van der Waals surface area (Å²) in [4.78, 5) is 5.04. The molecule has 2 aromatic carbocycles. The number of rotatable bonds is 6. The second kappa shape index (κ2) is 8.83. The molecular weight excluding hydrogens is 411 g/mol. The van der Waals surface area contributed by atoms with Gasteiger partial charge in [0.15, 0.2) is 0 Å². The van der Waals surface area contributed by atoms with E-state index in [-0.39, 0.29) is 6.04 Å². The first-order valence-electron chi connectivity index (χ1n) is 10.2. The highest BCUT2D eigenvalue weighted by Gasteiger charge is 2.31. The van der Waals surface area contributed by atoms with Crippen molar-refractivity contribution in [1.82, 2.24) is 4.90 Å². The lowest BCUT2D eigenvalue weighted by Gasteiger charge is -2.44. The lowest BCUT2D eigenvalue weighted by atomic mass is 9.99. The van der Waals surface area contributed by atoms with Gasteiger partial charge in [-0.2, -0.15) is 0 Å². The van der Waals surface area contributed by atoms with Crippen LogP contribution in [0.4, 0.5) is 5.69 Å². The zero-order valence-electron chi connectivity index (χ0n) is 16.3. The van der Waals surface area contributed by atoms with Crippen LogP contribution in [0.15, 0.2) is 42.5 Å². The van der Waals surface area contributed by atoms with Crippen molar-refractivity contribution in [3.63, 3.8) is 0 Å². The van der Waals surface area contributed by atoms with Gasteiger partial charge in [0, 0.05) is 36.2 Å². The molecule has 28 heavy (non-hydrogen) atoms. The van der Waals surface area contributed by atoms with E-state index in [1.54, 1.807) is 0 Å². The number of anilines is 1. The van der Waals surface area contributed by atoms with E-state index < -0.39 is 0 Å². The van der Waals surface area contributed by atoms with Crippen LogP contribution >= 0.6 is 34.8 Å². The summed E-state index contributed by atoms with van der Waals surface area (Å²) in [5, 5.41) is 2.15. The fourth-order valence-corrected chi connectivity index (χ4v) is 5.06. The molecule has 2 nitrogen and oxygen atoms in total. The Morgan fingerprint density at radius 3 is 2.36 bits per heavy atom. The summed E-state index contributed by atoms with van der Waals surface area (Å²) in [6.45, 7) is 6.57. The van der Waals surface area contributed by atoms with Gasteiger partial charge in [-0.05, 0) is 54.2 Å². The molecule has 2 aromatic rings. The molecule has 0 spiro atoms. The number of hydrogen-bond donors (Lipinski definition) is 0. The molecule has 0 N–H and O–H groups in total. The monoisotopic (exact) mass is 436 g/mol. The van der Waals surface area contributed by atoms with Crippen molar-refractivity contribution in [3.05, 3.63) is 63.1 Å². The summed E-state index contributed by atoms with van der Waals surface area (Å²) >= 11 is 18.8. The van der Waals surface area contributed by atoms with Gasteiger partial charge in [0.25, 0.3) is 0 Å². The Morgan fingerprint density at radius 2 is 1.68 bits per heavy atom. The Balaban J connectivity index is 1.56. The van der Waals surface area contributed by atoms with Gasteiger partial charge < -0.3 is 4.90 Å². The van der Waals surface area contributed by atoms with Gasteiger partial charge >= 0.3 is 0 Å². The highest BCUT2D eigenvalue weighted by Crippen LogP contribution is 2.38. The third-order valence-electron chi connectivity index (χ3n) is 5.94. The Hall–Kier alpha value is -0.930. The van der Waals surface area contributed by atoms with E-state index in [4.69, 9.17) is 34.8 Å². The first-order chi connectivity index (χ1) is 13.5. The molecule has 5 heteroatoms. The average molecular weight is 438 g/mol. The van der Waals surface area contributed by atoms with E-state index in [9.17, 15) is 0 Å². The van der Waals surface area contributed by atoms with Crippen molar-refractivity contribution < 1.29 is 0 Å². The summed E-state index contributed by atoms with van der Waals surface area (Å²) in [6.07, 6.45) is 4.23. The Bertz CT molecular complexity index is 804. The van der Waals surface area contributed by atoms with Crippen LogP contribution < -0.4 is 4.90 Å². The molecule has 2 fully saturated rings. The van der Waals surface area contributed by atoms with E-state index in [1.807, 2.05) is 30.3 Å². The summed E-state index contributed by atoms with van der Waals surface area (Å²) < 4.78 is 0. The van der Waals surface area contributed by atoms with Crippen LogP contribution in [-0.4, -0.2) is 31.1 Å². The quantitative estimate of drug-likeness (QED) is 0.482. The minimum Gasteiger partial charge on any atom is -0.361 e. The second-order valence-electron chi connectivity index (χ2n) is 8.40. The van der Waals surface area contributed by atoms with E-state index in [2.05, 4.69) is 28.9 Å². The van der Waals surface area contributed by atoms with Gasteiger partial charge in [-0.25, -0.2) is 0 Å². The summed E-state index contributed by atoms with van der Waals surface area (Å²) in [7, 11) is 0. The van der Waals surface area contributed by atoms with Gasteiger partial charge in [0.05, 0.1) is 16.8 Å². The minimum atomic E-state index is 0.248. The van der Waals surface area contributed by atoms with Gasteiger partial charge in [0.1, 0.15) is 0 Å². The number of hydrogen-bond acceptors (Lipinski definition) is 2. The predicted octanol–water partition coefficient (Wildman–Crippen LogP) is 6.95. The number of halogens is 3. The van der Waals surface area contributed by atoms with Crippen molar-refractivity contribution in [2.45, 2.75) is 32.2 Å². The number of nitrogens with zero attached hydrogens (tertiary/aromatic N) is 2. The van der Waals surface area contributed by atoms with Crippen LogP contribution in [0.25, 0.3) is 0 Å². The molecule has 0 radical (unpaired) electrons. The molecule has 1 aliphatic heterocycles. The number of benzene rings is 2. The zero-order chi connectivity index (χ0) is 19.7. The fourth-order valence-electron chi connectivity index (χ4n) is 4.42. The summed E-state index contributed by atoms with van der Waals surface area (Å²) in [5.41, 5.74) is 2.33. The van der Waals surface area contributed by atoms with Crippen LogP contribution in [0, 0.1) is 11.8 Å². The van der Waals surface area contributed by atoms with E-state index >= 15 is 0 Å². The first kappa shape index (κ1) is 20.3. The maximum atomic E-state index is 6.56. The van der Waals surface area contributed by atoms with Crippen LogP contribution in [0.3, 0.4) is 0 Å². The molecule has 0 amide bonds. The standard InChI is InChI=1S/C23H27Cl3N2/c1-16(12-17-2-3-17)14-27-10-11-28(22-9-8-20(25)13-21(22)26)23(15-27)18-4-6-19(24)7-5-18/h4-9,13,16-17,23H,2-3,10-12,14-15H2,1H3/t16?,23-/m0/s1. The Labute approximate surface area is 183 Å². The predicted molar refractivity (Wildman–Crippen MR) is 121 cm³/mol. The molecule has 1 aliphatic carbocycles. The summed E-state index contributed by atoms with van der Waals surface area (Å²) in [6, 6.07) is 14.3. The number of piperazine rings is 1. The normalized spacial score (nSPS) is 21.7. The zero-order valence-corrected chi connectivity index (χ0v) is 18.5. The van der Waals surface area contributed by atoms with Crippen LogP contribution in [0.2, 0.25) is 15.1 Å². The van der Waals surface area contributed by atoms with E-state index in [0.717, 1.165) is 42.2 Å². The van der Waals surface area contributed by atoms with Crippen molar-refractivity contribution in [2.75, 3.05) is 31.1 Å². The van der Waals surface area contributed by atoms with Crippen molar-refractivity contribution in [3.8, 4) is 0 Å². The van der Waals surface area contributed by atoms with Crippen molar-refractivity contribution in [1.29, 1.82) is 0 Å². The second-order valence-corrected chi connectivity index (χ2v) is 9.68. The average Bonchev–Trinajstić information content (AvgIpc) is 3.47. The third kappa shape index (κ3) is 4.97. The van der Waals surface area contributed by atoms with Gasteiger partial charge in [0.2, 0.25) is 0 Å². The molecule has 1 saturated carbocycles. The first-order valence-corrected chi connectivity index (χ1v) is 11.3. The van der Waals surface area contributed by atoms with Gasteiger partial charge in [-0.3, -0.25) is 4.90 Å². The van der Waals surface area contributed by atoms with Gasteiger partial charge in [-0.1, -0.05) is 66.7 Å². The maximum absolute atomic E-state index is 6.56. The maximum Gasteiger partial charge on any atom is 0.0670 e. The smallest absolute Gasteiger partial charge is 0.0670 e. The Kier molecular flexibility index (Phi) is 6.42. The fraction of sp³-hybridized carbons (Fsp3) is 0.478. The molecule has 2 atom stereocenters. The van der Waals surface area contributed by atoms with Crippen molar-refractivity contribution >= 4 is 40.5 Å². The minimum absolute atomic E-state index is 0.248. The largest absolute Gasteiger partial charge is 0.361 e.